The summed E-state index contributed by atoms with van der Waals surface area (Å²) in [6.45, 7) is 6.20. The SMILES string of the molecule is CC(C)Cn1c(O)c(C(=O)NC(C)C(F)(F)F)c(=O)n2ncc(C=CC(=O)N3CCOCC3)c12. The zero-order valence-electron chi connectivity index (χ0n) is 18.9. The number of amides is 2. The van der Waals surface area contributed by atoms with Crippen molar-refractivity contribution in [2.75, 3.05) is 26.3 Å². The minimum atomic E-state index is -4.73. The van der Waals surface area contributed by atoms with E-state index in [1.54, 1.807) is 10.2 Å². The lowest BCUT2D eigenvalue weighted by Crippen LogP contribution is -2.45. The third-order valence-corrected chi connectivity index (χ3v) is 5.25. The van der Waals surface area contributed by atoms with Crippen molar-refractivity contribution in [1.82, 2.24) is 24.4 Å². The van der Waals surface area contributed by atoms with E-state index in [0.29, 0.717) is 31.9 Å². The van der Waals surface area contributed by atoms with Crippen molar-refractivity contribution in [3.63, 3.8) is 0 Å². The van der Waals surface area contributed by atoms with Crippen molar-refractivity contribution in [1.29, 1.82) is 0 Å². The van der Waals surface area contributed by atoms with Gasteiger partial charge >= 0.3 is 6.18 Å². The van der Waals surface area contributed by atoms with Crippen molar-refractivity contribution < 1.29 is 32.6 Å². The molecule has 0 bridgehead atoms. The summed E-state index contributed by atoms with van der Waals surface area (Å²) in [5, 5.41) is 16.4. The number of fused-ring (bicyclic) bond motifs is 1. The fourth-order valence-corrected chi connectivity index (χ4v) is 3.47. The van der Waals surface area contributed by atoms with Gasteiger partial charge in [0, 0.05) is 31.3 Å². The van der Waals surface area contributed by atoms with Gasteiger partial charge in [-0.25, -0.2) is 0 Å². The monoisotopic (exact) mass is 485 g/mol. The summed E-state index contributed by atoms with van der Waals surface area (Å²) in [7, 11) is 0. The lowest BCUT2D eigenvalue weighted by atomic mass is 10.2. The molecule has 0 aromatic carbocycles. The molecule has 2 amide bonds. The maximum Gasteiger partial charge on any atom is 0.408 e. The Morgan fingerprint density at radius 3 is 2.50 bits per heavy atom. The van der Waals surface area contributed by atoms with Gasteiger partial charge in [-0.2, -0.15) is 22.8 Å². The number of nitrogens with one attached hydrogen (secondary N) is 1. The van der Waals surface area contributed by atoms with Crippen molar-refractivity contribution >= 4 is 23.5 Å². The second-order valence-electron chi connectivity index (χ2n) is 8.35. The molecular weight excluding hydrogens is 459 g/mol. The highest BCUT2D eigenvalue weighted by Crippen LogP contribution is 2.24. The number of carbonyl (C=O) groups is 2. The van der Waals surface area contributed by atoms with E-state index in [4.69, 9.17) is 4.74 Å². The molecule has 3 heterocycles. The molecule has 2 aromatic rings. The molecule has 0 saturated carbocycles. The zero-order chi connectivity index (χ0) is 25.2. The van der Waals surface area contributed by atoms with Crippen molar-refractivity contribution in [3.05, 3.63) is 33.8 Å². The molecule has 1 unspecified atom stereocenters. The summed E-state index contributed by atoms with van der Waals surface area (Å²) < 4.78 is 46.0. The quantitative estimate of drug-likeness (QED) is 0.598. The van der Waals surface area contributed by atoms with Gasteiger partial charge in [0.15, 0.2) is 5.56 Å². The van der Waals surface area contributed by atoms with Gasteiger partial charge in [0.2, 0.25) is 11.8 Å². The van der Waals surface area contributed by atoms with E-state index in [-0.39, 0.29) is 24.0 Å². The van der Waals surface area contributed by atoms with Gasteiger partial charge in [-0.15, -0.1) is 0 Å². The molecule has 1 fully saturated rings. The third-order valence-electron chi connectivity index (χ3n) is 5.25. The molecule has 1 aliphatic rings. The molecule has 0 aliphatic carbocycles. The number of nitrogens with zero attached hydrogens (tertiary/aromatic N) is 4. The highest BCUT2D eigenvalue weighted by atomic mass is 19.4. The van der Waals surface area contributed by atoms with Crippen LogP contribution in [-0.2, 0) is 16.1 Å². The summed E-state index contributed by atoms with van der Waals surface area (Å²) in [5.41, 5.74) is -1.53. The Morgan fingerprint density at radius 1 is 1.26 bits per heavy atom. The van der Waals surface area contributed by atoms with E-state index in [1.165, 1.54) is 22.9 Å². The van der Waals surface area contributed by atoms with Gasteiger partial charge in [0.05, 0.1) is 19.4 Å². The zero-order valence-corrected chi connectivity index (χ0v) is 18.9. The van der Waals surface area contributed by atoms with Crippen molar-refractivity contribution in [3.8, 4) is 5.88 Å². The number of ether oxygens (including phenoxy) is 1. The molecular formula is C21H26F3N5O5. The van der Waals surface area contributed by atoms with Crippen molar-refractivity contribution in [2.24, 2.45) is 5.92 Å². The number of morpholine rings is 1. The number of carbonyl (C=O) groups excluding carboxylic acids is 2. The minimum absolute atomic E-state index is 0.0797. The predicted octanol–water partition coefficient (Wildman–Crippen LogP) is 1.41. The van der Waals surface area contributed by atoms with Crippen LogP contribution in [0.3, 0.4) is 0 Å². The fourth-order valence-electron chi connectivity index (χ4n) is 3.47. The van der Waals surface area contributed by atoms with Crippen LogP contribution in [0, 0.1) is 5.92 Å². The lowest BCUT2D eigenvalue weighted by Gasteiger charge is -2.25. The van der Waals surface area contributed by atoms with E-state index in [1.807, 2.05) is 13.8 Å². The Kier molecular flexibility index (Phi) is 7.34. The van der Waals surface area contributed by atoms with E-state index in [0.717, 1.165) is 11.4 Å². The number of hydrogen-bond acceptors (Lipinski definition) is 6. The van der Waals surface area contributed by atoms with Crippen LogP contribution in [0.1, 0.15) is 36.7 Å². The largest absolute Gasteiger partial charge is 0.494 e. The smallest absolute Gasteiger partial charge is 0.408 e. The lowest BCUT2D eigenvalue weighted by molar-refractivity contribution is -0.149. The Morgan fingerprint density at radius 2 is 1.91 bits per heavy atom. The first-order valence-corrected chi connectivity index (χ1v) is 10.7. The second-order valence-corrected chi connectivity index (χ2v) is 8.35. The Balaban J connectivity index is 2.06. The average Bonchev–Trinajstić information content (AvgIpc) is 3.19. The van der Waals surface area contributed by atoms with Crippen LogP contribution in [0.2, 0.25) is 0 Å². The molecule has 1 saturated heterocycles. The summed E-state index contributed by atoms with van der Waals surface area (Å²) in [6.07, 6.45) is -0.727. The first-order chi connectivity index (χ1) is 15.9. The molecule has 3 rings (SSSR count). The summed E-state index contributed by atoms with van der Waals surface area (Å²) in [6, 6.07) is -2.24. The molecule has 1 atom stereocenters. The van der Waals surface area contributed by atoms with Crippen LogP contribution >= 0.6 is 0 Å². The topological polar surface area (TPSA) is 118 Å². The number of halogens is 3. The number of hydrogen-bond donors (Lipinski definition) is 2. The molecule has 0 radical (unpaired) electrons. The maximum atomic E-state index is 12.9. The van der Waals surface area contributed by atoms with Crippen LogP contribution in [0.15, 0.2) is 17.1 Å². The van der Waals surface area contributed by atoms with E-state index in [9.17, 15) is 32.7 Å². The van der Waals surface area contributed by atoms with Gasteiger partial charge in [0.25, 0.3) is 11.5 Å². The first-order valence-electron chi connectivity index (χ1n) is 10.7. The van der Waals surface area contributed by atoms with E-state index < -0.39 is 35.1 Å². The van der Waals surface area contributed by atoms with Gasteiger partial charge in [0.1, 0.15) is 11.7 Å². The van der Waals surface area contributed by atoms with Gasteiger partial charge in [-0.3, -0.25) is 19.0 Å². The molecule has 34 heavy (non-hydrogen) atoms. The molecule has 13 heteroatoms. The molecule has 2 aromatic heterocycles. The van der Waals surface area contributed by atoms with Gasteiger partial charge < -0.3 is 20.1 Å². The highest BCUT2D eigenvalue weighted by Gasteiger charge is 2.38. The van der Waals surface area contributed by atoms with Crippen LogP contribution in [0.25, 0.3) is 11.7 Å². The number of aromatic nitrogens is 3. The van der Waals surface area contributed by atoms with Crippen LogP contribution < -0.4 is 10.9 Å². The summed E-state index contributed by atoms with van der Waals surface area (Å²) in [5.74, 6) is -2.51. The van der Waals surface area contributed by atoms with Crippen LogP contribution in [0.5, 0.6) is 5.88 Å². The Bertz CT molecular complexity index is 1160. The third kappa shape index (κ3) is 5.24. The molecule has 2 N–H and O–H groups in total. The van der Waals surface area contributed by atoms with Gasteiger partial charge in [-0.05, 0) is 18.9 Å². The standard InChI is InChI=1S/C21H26F3N5O5/c1-12(2)11-28-18-14(4-5-15(30)27-6-8-34-9-7-27)10-25-29(18)20(33)16(19(28)32)17(31)26-13(3)21(22,23)24/h4-5,10,12-13,32H,6-9,11H2,1-3H3,(H,26,31). The van der Waals surface area contributed by atoms with E-state index >= 15 is 0 Å². The van der Waals surface area contributed by atoms with Crippen LogP contribution in [0.4, 0.5) is 13.2 Å². The first kappa shape index (κ1) is 25.3. The molecule has 0 spiro atoms. The molecule has 10 nitrogen and oxygen atoms in total. The Hall–Kier alpha value is -3.35. The second kappa shape index (κ2) is 9.87. The number of aromatic hydroxyl groups is 1. The highest BCUT2D eigenvalue weighted by molar-refractivity contribution is 5.97. The predicted molar refractivity (Wildman–Crippen MR) is 115 cm³/mol. The fraction of sp³-hybridized carbons (Fsp3) is 0.524. The van der Waals surface area contributed by atoms with Gasteiger partial charge in [-0.1, -0.05) is 13.8 Å². The Labute approximate surface area is 192 Å². The normalized spacial score (nSPS) is 15.9. The van der Waals surface area contributed by atoms with Crippen molar-refractivity contribution in [2.45, 2.75) is 39.5 Å². The minimum Gasteiger partial charge on any atom is -0.494 e. The number of alkyl halides is 3. The summed E-state index contributed by atoms with van der Waals surface area (Å²) >= 11 is 0. The van der Waals surface area contributed by atoms with Crippen LogP contribution in [-0.4, -0.2) is 74.5 Å². The average molecular weight is 485 g/mol. The van der Waals surface area contributed by atoms with E-state index in [2.05, 4.69) is 5.10 Å². The number of rotatable bonds is 6. The summed E-state index contributed by atoms with van der Waals surface area (Å²) in [4.78, 5) is 39.5. The molecule has 1 aliphatic heterocycles. The molecule has 186 valence electrons. The maximum absolute atomic E-state index is 12.9.